The van der Waals surface area contributed by atoms with Gasteiger partial charge in [-0.25, -0.2) is 0 Å². The van der Waals surface area contributed by atoms with Gasteiger partial charge in [-0.2, -0.15) is 0 Å². The van der Waals surface area contributed by atoms with Gasteiger partial charge in [-0.3, -0.25) is 20.4 Å². The Kier molecular flexibility index (Phi) is 7.52. The Bertz CT molecular complexity index is 841. The van der Waals surface area contributed by atoms with Crippen LogP contribution in [-0.2, 0) is 4.79 Å². The maximum atomic E-state index is 12.3. The first-order valence-corrected chi connectivity index (χ1v) is 9.05. The Morgan fingerprint density at radius 3 is 2.36 bits per heavy atom. The number of hydrogen-bond donors (Lipinski definition) is 2. The Morgan fingerprint density at radius 1 is 0.964 bits per heavy atom. The lowest BCUT2D eigenvalue weighted by Gasteiger charge is -2.16. The predicted molar refractivity (Wildman–Crippen MR) is 106 cm³/mol. The zero-order valence-electron chi connectivity index (χ0n) is 16.1. The molecule has 2 amide bonds. The second-order valence-corrected chi connectivity index (χ2v) is 6.63. The minimum absolute atomic E-state index is 0.0335. The number of ether oxygens (including phenoxy) is 3. The summed E-state index contributed by atoms with van der Waals surface area (Å²) in [7, 11) is 1.49. The van der Waals surface area contributed by atoms with Crippen LogP contribution in [-0.4, -0.2) is 31.1 Å². The molecule has 0 bridgehead atoms. The molecule has 8 heteroatoms. The molecule has 150 valence electrons. The highest BCUT2D eigenvalue weighted by Gasteiger charge is 2.17. The second kappa shape index (κ2) is 9.85. The fourth-order valence-electron chi connectivity index (χ4n) is 2.25. The minimum Gasteiger partial charge on any atom is -0.493 e. The smallest absolute Gasteiger partial charge is 0.279 e. The molecule has 0 radical (unpaired) electrons. The zero-order chi connectivity index (χ0) is 20.7. The van der Waals surface area contributed by atoms with Gasteiger partial charge in [0.2, 0.25) is 0 Å². The van der Waals surface area contributed by atoms with E-state index in [1.54, 1.807) is 43.3 Å². The van der Waals surface area contributed by atoms with Crippen LogP contribution in [0.4, 0.5) is 0 Å². The highest BCUT2D eigenvalue weighted by molar-refractivity contribution is 6.30. The monoisotopic (exact) mass is 406 g/mol. The maximum Gasteiger partial charge on any atom is 0.279 e. The number of rotatable bonds is 7. The molecular formula is C20H23ClN2O5. The fraction of sp³-hybridized carbons (Fsp3) is 0.300. The lowest BCUT2D eigenvalue weighted by molar-refractivity contribution is -0.128. The minimum atomic E-state index is -0.838. The molecule has 0 saturated heterocycles. The van der Waals surface area contributed by atoms with Crippen molar-refractivity contribution in [1.82, 2.24) is 10.9 Å². The van der Waals surface area contributed by atoms with Crippen LogP contribution in [0.15, 0.2) is 42.5 Å². The normalized spacial score (nSPS) is 11.5. The first kappa shape index (κ1) is 21.4. The number of hydrazine groups is 1. The number of carbonyl (C=O) groups excluding carboxylic acids is 2. The molecule has 2 rings (SSSR count). The second-order valence-electron chi connectivity index (χ2n) is 6.19. The molecule has 0 saturated carbocycles. The molecule has 0 spiro atoms. The van der Waals surface area contributed by atoms with Crippen molar-refractivity contribution in [3.63, 3.8) is 0 Å². The molecule has 0 aromatic heterocycles. The summed E-state index contributed by atoms with van der Waals surface area (Å²) < 4.78 is 16.4. The summed E-state index contributed by atoms with van der Waals surface area (Å²) >= 11 is 5.89. The number of benzene rings is 2. The Balaban J connectivity index is 1.94. The molecule has 0 heterocycles. The highest BCUT2D eigenvalue weighted by Crippen LogP contribution is 2.28. The summed E-state index contributed by atoms with van der Waals surface area (Å²) in [5.74, 6) is 0.386. The molecule has 1 unspecified atom stereocenters. The third-order valence-electron chi connectivity index (χ3n) is 3.57. The summed E-state index contributed by atoms with van der Waals surface area (Å²) in [6, 6.07) is 11.4. The van der Waals surface area contributed by atoms with Gasteiger partial charge in [-0.1, -0.05) is 17.7 Å². The summed E-state index contributed by atoms with van der Waals surface area (Å²) in [4.78, 5) is 24.4. The Labute approximate surface area is 168 Å². The van der Waals surface area contributed by atoms with E-state index >= 15 is 0 Å². The maximum absolute atomic E-state index is 12.3. The molecule has 7 nitrogen and oxygen atoms in total. The van der Waals surface area contributed by atoms with Crippen LogP contribution < -0.4 is 25.1 Å². The van der Waals surface area contributed by atoms with E-state index in [1.165, 1.54) is 13.2 Å². The van der Waals surface area contributed by atoms with Gasteiger partial charge >= 0.3 is 0 Å². The van der Waals surface area contributed by atoms with Crippen LogP contribution in [0.1, 0.15) is 31.1 Å². The van der Waals surface area contributed by atoms with E-state index in [0.29, 0.717) is 27.8 Å². The van der Waals surface area contributed by atoms with Crippen molar-refractivity contribution in [2.75, 3.05) is 7.11 Å². The van der Waals surface area contributed by atoms with Crippen molar-refractivity contribution in [1.29, 1.82) is 0 Å². The summed E-state index contributed by atoms with van der Waals surface area (Å²) in [5, 5.41) is 0.497. The van der Waals surface area contributed by atoms with Gasteiger partial charge in [0.1, 0.15) is 5.75 Å². The van der Waals surface area contributed by atoms with Gasteiger partial charge in [0.25, 0.3) is 11.8 Å². The first-order chi connectivity index (χ1) is 13.3. The first-order valence-electron chi connectivity index (χ1n) is 8.67. The molecule has 1 atom stereocenters. The van der Waals surface area contributed by atoms with E-state index in [-0.39, 0.29) is 6.10 Å². The number of nitrogens with one attached hydrogen (secondary N) is 2. The van der Waals surface area contributed by atoms with E-state index in [9.17, 15) is 9.59 Å². The number of hydrogen-bond acceptors (Lipinski definition) is 5. The number of amides is 2. The topological polar surface area (TPSA) is 85.9 Å². The molecule has 0 aliphatic rings. The fourth-order valence-corrected chi connectivity index (χ4v) is 2.43. The Hall–Kier alpha value is -2.93. The van der Waals surface area contributed by atoms with Crippen molar-refractivity contribution in [3.05, 3.63) is 53.1 Å². The molecule has 0 aliphatic carbocycles. The van der Waals surface area contributed by atoms with Crippen LogP contribution in [0.5, 0.6) is 17.2 Å². The van der Waals surface area contributed by atoms with Crippen LogP contribution in [0.2, 0.25) is 5.02 Å². The predicted octanol–water partition coefficient (Wildman–Crippen LogP) is 3.36. The van der Waals surface area contributed by atoms with E-state index in [4.69, 9.17) is 25.8 Å². The van der Waals surface area contributed by atoms with Crippen LogP contribution in [0, 0.1) is 0 Å². The SMILES string of the molecule is COc1cc(C(=O)NNC(=O)C(C)Oc2cccc(Cl)c2)ccc1OC(C)C. The summed E-state index contributed by atoms with van der Waals surface area (Å²) in [6.07, 6.45) is -0.871. The average molecular weight is 407 g/mol. The standard InChI is InChI=1S/C20H23ClN2O5/c1-12(2)27-17-9-8-14(10-18(17)26-4)20(25)23-22-19(24)13(3)28-16-7-5-6-15(21)11-16/h5-13H,1-4H3,(H,22,24)(H,23,25). The molecule has 2 aromatic rings. The van der Waals surface area contributed by atoms with Gasteiger partial charge in [0.05, 0.1) is 13.2 Å². The number of halogens is 1. The number of methoxy groups -OCH3 is 1. The largest absolute Gasteiger partial charge is 0.493 e. The molecule has 28 heavy (non-hydrogen) atoms. The molecule has 2 aromatic carbocycles. The molecular weight excluding hydrogens is 384 g/mol. The lowest BCUT2D eigenvalue weighted by Crippen LogP contribution is -2.47. The van der Waals surface area contributed by atoms with Crippen molar-refractivity contribution in [2.45, 2.75) is 33.0 Å². The van der Waals surface area contributed by atoms with Crippen molar-refractivity contribution in [3.8, 4) is 17.2 Å². The van der Waals surface area contributed by atoms with Crippen molar-refractivity contribution >= 4 is 23.4 Å². The summed E-state index contributed by atoms with van der Waals surface area (Å²) in [5.41, 5.74) is 4.98. The third-order valence-corrected chi connectivity index (χ3v) is 3.80. The molecule has 0 aliphatic heterocycles. The quantitative estimate of drug-likeness (QED) is 0.688. The van der Waals surface area contributed by atoms with Gasteiger partial charge in [0.15, 0.2) is 17.6 Å². The van der Waals surface area contributed by atoms with E-state index < -0.39 is 17.9 Å². The summed E-state index contributed by atoms with van der Waals surface area (Å²) in [6.45, 7) is 5.34. The van der Waals surface area contributed by atoms with Gasteiger partial charge in [0, 0.05) is 10.6 Å². The van der Waals surface area contributed by atoms with Gasteiger partial charge in [-0.15, -0.1) is 0 Å². The Morgan fingerprint density at radius 2 is 1.71 bits per heavy atom. The van der Waals surface area contributed by atoms with Gasteiger partial charge < -0.3 is 14.2 Å². The van der Waals surface area contributed by atoms with Crippen molar-refractivity contribution in [2.24, 2.45) is 0 Å². The van der Waals surface area contributed by atoms with Crippen LogP contribution >= 0.6 is 11.6 Å². The average Bonchev–Trinajstić information content (AvgIpc) is 2.65. The van der Waals surface area contributed by atoms with Crippen LogP contribution in [0.25, 0.3) is 0 Å². The van der Waals surface area contributed by atoms with E-state index in [2.05, 4.69) is 10.9 Å². The number of carbonyl (C=O) groups is 2. The third kappa shape index (κ3) is 6.06. The van der Waals surface area contributed by atoms with Crippen LogP contribution in [0.3, 0.4) is 0 Å². The van der Waals surface area contributed by atoms with E-state index in [1.807, 2.05) is 13.8 Å². The molecule has 2 N–H and O–H groups in total. The zero-order valence-corrected chi connectivity index (χ0v) is 16.9. The van der Waals surface area contributed by atoms with Crippen molar-refractivity contribution < 1.29 is 23.8 Å². The van der Waals surface area contributed by atoms with E-state index in [0.717, 1.165) is 0 Å². The van der Waals surface area contributed by atoms with Gasteiger partial charge in [-0.05, 0) is 57.2 Å². The molecule has 0 fully saturated rings. The lowest BCUT2D eigenvalue weighted by atomic mass is 10.2. The highest BCUT2D eigenvalue weighted by atomic mass is 35.5.